The van der Waals surface area contributed by atoms with Crippen molar-refractivity contribution in [2.45, 2.75) is 59.6 Å². The Bertz CT molecular complexity index is 398. The standard InChI is InChI=1S/C15H30F3N3O2/c1-7-14(6,9-21-19)8-20-11(22)23-10-12(2,3)15(17,18)13(4,5)16/h21H,7-10,19H2,1-6H3,(H,20,22). The minimum absolute atomic E-state index is 0.276. The summed E-state index contributed by atoms with van der Waals surface area (Å²) in [7, 11) is 0. The van der Waals surface area contributed by atoms with Gasteiger partial charge < -0.3 is 10.1 Å². The Hall–Kier alpha value is -1.02. The lowest BCUT2D eigenvalue weighted by molar-refractivity contribution is -0.204. The first-order chi connectivity index (χ1) is 10.2. The van der Waals surface area contributed by atoms with Crippen LogP contribution in [0.15, 0.2) is 0 Å². The van der Waals surface area contributed by atoms with Crippen LogP contribution in [0.4, 0.5) is 18.0 Å². The molecule has 0 aromatic rings. The first-order valence-corrected chi connectivity index (χ1v) is 7.63. The highest BCUT2D eigenvalue weighted by atomic mass is 19.3. The molecule has 1 amide bonds. The fourth-order valence-electron chi connectivity index (χ4n) is 2.04. The molecule has 0 radical (unpaired) electrons. The molecule has 0 aliphatic rings. The van der Waals surface area contributed by atoms with Gasteiger partial charge >= 0.3 is 6.09 Å². The molecule has 4 N–H and O–H groups in total. The van der Waals surface area contributed by atoms with Gasteiger partial charge in [0, 0.05) is 13.1 Å². The molecule has 1 unspecified atom stereocenters. The average Bonchev–Trinajstić information content (AvgIpc) is 2.42. The van der Waals surface area contributed by atoms with Crippen molar-refractivity contribution in [2.24, 2.45) is 16.7 Å². The number of rotatable bonds is 9. The number of carbonyl (C=O) groups is 1. The van der Waals surface area contributed by atoms with Gasteiger partial charge in [-0.05, 0) is 25.7 Å². The van der Waals surface area contributed by atoms with Gasteiger partial charge in [0.25, 0.3) is 5.92 Å². The molecule has 0 rings (SSSR count). The van der Waals surface area contributed by atoms with Crippen molar-refractivity contribution < 1.29 is 22.7 Å². The van der Waals surface area contributed by atoms with Crippen molar-refractivity contribution in [1.29, 1.82) is 0 Å². The van der Waals surface area contributed by atoms with Crippen LogP contribution in [-0.2, 0) is 4.74 Å². The van der Waals surface area contributed by atoms with Gasteiger partial charge in [0.2, 0.25) is 0 Å². The normalized spacial score (nSPS) is 15.9. The molecule has 0 saturated heterocycles. The minimum Gasteiger partial charge on any atom is -0.449 e. The third kappa shape index (κ3) is 5.84. The molecule has 0 bridgehead atoms. The Morgan fingerprint density at radius 2 is 1.61 bits per heavy atom. The van der Waals surface area contributed by atoms with Crippen molar-refractivity contribution in [3.05, 3.63) is 0 Å². The van der Waals surface area contributed by atoms with Crippen LogP contribution in [-0.4, -0.2) is 37.4 Å². The van der Waals surface area contributed by atoms with E-state index in [1.54, 1.807) is 0 Å². The summed E-state index contributed by atoms with van der Waals surface area (Å²) >= 11 is 0. The number of halogens is 3. The smallest absolute Gasteiger partial charge is 0.407 e. The molecule has 5 nitrogen and oxygen atoms in total. The Morgan fingerprint density at radius 1 is 1.09 bits per heavy atom. The molecule has 0 heterocycles. The summed E-state index contributed by atoms with van der Waals surface area (Å²) in [5.74, 6) is 1.64. The number of carbonyl (C=O) groups excluding carboxylic acids is 1. The Morgan fingerprint density at radius 3 is 2.00 bits per heavy atom. The Kier molecular flexibility index (Phi) is 7.36. The summed E-state index contributed by atoms with van der Waals surface area (Å²) in [5, 5.41) is 2.53. The van der Waals surface area contributed by atoms with E-state index in [0.717, 1.165) is 34.1 Å². The van der Waals surface area contributed by atoms with Gasteiger partial charge in [-0.1, -0.05) is 27.7 Å². The van der Waals surface area contributed by atoms with Gasteiger partial charge in [-0.3, -0.25) is 11.3 Å². The number of hydrazine groups is 1. The molecule has 0 aliphatic carbocycles. The molecule has 138 valence electrons. The van der Waals surface area contributed by atoms with Gasteiger partial charge in [0.1, 0.15) is 6.61 Å². The highest BCUT2D eigenvalue weighted by Crippen LogP contribution is 2.46. The van der Waals surface area contributed by atoms with E-state index in [1.165, 1.54) is 0 Å². The first kappa shape index (κ1) is 22.0. The van der Waals surface area contributed by atoms with Crippen LogP contribution in [0.2, 0.25) is 0 Å². The molecular formula is C15H30F3N3O2. The van der Waals surface area contributed by atoms with Crippen molar-refractivity contribution in [3.63, 3.8) is 0 Å². The molecule has 0 fully saturated rings. The highest BCUT2D eigenvalue weighted by Gasteiger charge is 2.58. The van der Waals surface area contributed by atoms with E-state index in [0.29, 0.717) is 6.54 Å². The van der Waals surface area contributed by atoms with E-state index in [9.17, 15) is 18.0 Å². The molecule has 0 spiro atoms. The monoisotopic (exact) mass is 341 g/mol. The van der Waals surface area contributed by atoms with E-state index < -0.39 is 29.7 Å². The largest absolute Gasteiger partial charge is 0.449 e. The van der Waals surface area contributed by atoms with E-state index >= 15 is 0 Å². The summed E-state index contributed by atoms with van der Waals surface area (Å²) in [5.41, 5.74) is -2.30. The predicted molar refractivity (Wildman–Crippen MR) is 83.9 cm³/mol. The molecule has 23 heavy (non-hydrogen) atoms. The lowest BCUT2D eigenvalue weighted by atomic mass is 9.79. The Labute approximate surface area is 136 Å². The topological polar surface area (TPSA) is 76.4 Å². The third-order valence-corrected chi connectivity index (χ3v) is 4.20. The lowest BCUT2D eigenvalue weighted by Gasteiger charge is -2.39. The number of nitrogens with one attached hydrogen (secondary N) is 2. The van der Waals surface area contributed by atoms with Crippen LogP contribution in [0.25, 0.3) is 0 Å². The third-order valence-electron chi connectivity index (χ3n) is 4.20. The number of alkyl carbamates (subject to hydrolysis) is 1. The zero-order valence-electron chi connectivity index (χ0n) is 14.9. The summed E-state index contributed by atoms with van der Waals surface area (Å²) in [4.78, 5) is 11.7. The zero-order valence-corrected chi connectivity index (χ0v) is 14.9. The van der Waals surface area contributed by atoms with Gasteiger partial charge in [-0.15, -0.1) is 0 Å². The summed E-state index contributed by atoms with van der Waals surface area (Å²) < 4.78 is 46.7. The fourth-order valence-corrected chi connectivity index (χ4v) is 2.04. The first-order valence-electron chi connectivity index (χ1n) is 7.63. The van der Waals surface area contributed by atoms with Crippen LogP contribution >= 0.6 is 0 Å². The number of hydrogen-bond acceptors (Lipinski definition) is 4. The van der Waals surface area contributed by atoms with Crippen LogP contribution in [0.1, 0.15) is 48.0 Å². The minimum atomic E-state index is -3.65. The SMILES string of the molecule is CCC(C)(CNN)CNC(=O)OCC(C)(C)C(F)(F)C(C)(C)F. The molecule has 0 aromatic heterocycles. The van der Waals surface area contributed by atoms with Gasteiger partial charge in [-0.2, -0.15) is 0 Å². The molecule has 0 aromatic carbocycles. The van der Waals surface area contributed by atoms with E-state index in [2.05, 4.69) is 10.7 Å². The second-order valence-electron chi connectivity index (χ2n) is 7.41. The summed E-state index contributed by atoms with van der Waals surface area (Å²) in [6.45, 7) is 7.95. The van der Waals surface area contributed by atoms with E-state index in [-0.39, 0.29) is 12.0 Å². The maximum absolute atomic E-state index is 14.1. The quantitative estimate of drug-likeness (QED) is 0.445. The average molecular weight is 341 g/mol. The maximum Gasteiger partial charge on any atom is 0.407 e. The van der Waals surface area contributed by atoms with Crippen molar-refractivity contribution >= 4 is 6.09 Å². The number of hydrogen-bond donors (Lipinski definition) is 3. The van der Waals surface area contributed by atoms with E-state index in [1.807, 2.05) is 13.8 Å². The number of amides is 1. The van der Waals surface area contributed by atoms with Crippen LogP contribution < -0.4 is 16.6 Å². The van der Waals surface area contributed by atoms with Crippen LogP contribution in [0.3, 0.4) is 0 Å². The van der Waals surface area contributed by atoms with Crippen molar-refractivity contribution in [3.8, 4) is 0 Å². The molecule has 1 atom stereocenters. The van der Waals surface area contributed by atoms with Gasteiger partial charge in [0.05, 0.1) is 5.41 Å². The number of nitrogens with two attached hydrogens (primary N) is 1. The van der Waals surface area contributed by atoms with Crippen molar-refractivity contribution in [2.75, 3.05) is 19.7 Å². The maximum atomic E-state index is 14.1. The predicted octanol–water partition coefficient (Wildman–Crippen LogP) is 3.00. The number of alkyl halides is 3. The second kappa shape index (κ2) is 7.70. The lowest BCUT2D eigenvalue weighted by Crippen LogP contribution is -2.53. The molecule has 0 aliphatic heterocycles. The summed E-state index contributed by atoms with van der Waals surface area (Å²) in [6.07, 6.45) is -0.0703. The van der Waals surface area contributed by atoms with Crippen LogP contribution in [0, 0.1) is 10.8 Å². The highest BCUT2D eigenvalue weighted by molar-refractivity contribution is 5.67. The zero-order chi connectivity index (χ0) is 18.5. The fraction of sp³-hybridized carbons (Fsp3) is 0.933. The van der Waals surface area contributed by atoms with E-state index in [4.69, 9.17) is 10.6 Å². The Balaban J connectivity index is 4.60. The summed E-state index contributed by atoms with van der Waals surface area (Å²) in [6, 6.07) is 0. The van der Waals surface area contributed by atoms with Gasteiger partial charge in [-0.25, -0.2) is 18.0 Å². The van der Waals surface area contributed by atoms with Gasteiger partial charge in [0.15, 0.2) is 5.67 Å². The molecule has 8 heteroatoms. The van der Waals surface area contributed by atoms with Crippen molar-refractivity contribution in [1.82, 2.24) is 10.7 Å². The number of ether oxygens (including phenoxy) is 1. The molecular weight excluding hydrogens is 311 g/mol. The molecule has 0 saturated carbocycles. The van der Waals surface area contributed by atoms with Crippen LogP contribution in [0.5, 0.6) is 0 Å². The second-order valence-corrected chi connectivity index (χ2v) is 7.41.